The number of rotatable bonds is 2. The fraction of sp³-hybridized carbons (Fsp3) is 0.0370. The normalized spacial score (nSPS) is 12.9. The molecule has 0 fully saturated rings. The Morgan fingerprint density at radius 3 is 2.03 bits per heavy atom. The maximum Gasteiger partial charge on any atom is 0.196 e. The summed E-state index contributed by atoms with van der Waals surface area (Å²) < 4.78 is 2.18. The summed E-state index contributed by atoms with van der Waals surface area (Å²) in [6.45, 7) is 0.629. The van der Waals surface area contributed by atoms with E-state index in [9.17, 15) is 9.59 Å². The lowest BCUT2D eigenvalue weighted by Crippen LogP contribution is -2.22. The van der Waals surface area contributed by atoms with E-state index in [2.05, 4.69) is 28.8 Å². The molecule has 0 spiro atoms. The quantitative estimate of drug-likeness (QED) is 0.387. The molecule has 30 heavy (non-hydrogen) atoms. The summed E-state index contributed by atoms with van der Waals surface area (Å²) in [6, 6.07) is 29.3. The molecule has 0 saturated heterocycles. The van der Waals surface area contributed by atoms with Gasteiger partial charge in [-0.05, 0) is 17.7 Å². The van der Waals surface area contributed by atoms with Crippen LogP contribution >= 0.6 is 0 Å². The number of benzene rings is 4. The first kappa shape index (κ1) is 16.9. The van der Waals surface area contributed by atoms with Crippen molar-refractivity contribution in [2.75, 3.05) is 0 Å². The van der Waals surface area contributed by atoms with Crippen molar-refractivity contribution in [3.05, 3.63) is 119 Å². The predicted octanol–water partition coefficient (Wildman–Crippen LogP) is 5.62. The van der Waals surface area contributed by atoms with Crippen LogP contribution in [0.25, 0.3) is 21.8 Å². The van der Waals surface area contributed by atoms with Crippen LogP contribution in [0, 0.1) is 0 Å². The van der Waals surface area contributed by atoms with Crippen LogP contribution in [-0.4, -0.2) is 16.1 Å². The molecule has 3 heteroatoms. The summed E-state index contributed by atoms with van der Waals surface area (Å²) >= 11 is 0. The monoisotopic (exact) mass is 387 g/mol. The number of para-hydroxylation sites is 1. The van der Waals surface area contributed by atoms with Gasteiger partial charge in [0.1, 0.15) is 0 Å². The van der Waals surface area contributed by atoms with Gasteiger partial charge >= 0.3 is 0 Å². The Bertz CT molecular complexity index is 1490. The lowest BCUT2D eigenvalue weighted by Gasteiger charge is -2.19. The highest BCUT2D eigenvalue weighted by Gasteiger charge is 2.32. The molecule has 1 aromatic heterocycles. The molecule has 1 heterocycles. The van der Waals surface area contributed by atoms with E-state index >= 15 is 0 Å². The molecule has 6 rings (SSSR count). The van der Waals surface area contributed by atoms with Gasteiger partial charge in [-0.25, -0.2) is 0 Å². The van der Waals surface area contributed by atoms with Crippen LogP contribution in [0.5, 0.6) is 0 Å². The van der Waals surface area contributed by atoms with Crippen molar-refractivity contribution in [1.29, 1.82) is 0 Å². The van der Waals surface area contributed by atoms with E-state index in [0.29, 0.717) is 28.8 Å². The Balaban J connectivity index is 1.73. The fourth-order valence-electron chi connectivity index (χ4n) is 4.65. The van der Waals surface area contributed by atoms with E-state index in [1.54, 1.807) is 18.2 Å². The zero-order valence-corrected chi connectivity index (χ0v) is 16.1. The van der Waals surface area contributed by atoms with Crippen molar-refractivity contribution < 1.29 is 9.59 Å². The van der Waals surface area contributed by atoms with Crippen molar-refractivity contribution in [1.82, 2.24) is 4.57 Å². The van der Waals surface area contributed by atoms with Gasteiger partial charge in [-0.3, -0.25) is 9.59 Å². The molecule has 0 aliphatic heterocycles. The molecule has 5 aromatic rings. The van der Waals surface area contributed by atoms with E-state index < -0.39 is 0 Å². The smallest absolute Gasteiger partial charge is 0.196 e. The van der Waals surface area contributed by atoms with Crippen LogP contribution in [0.4, 0.5) is 0 Å². The largest absolute Gasteiger partial charge is 0.335 e. The second kappa shape index (κ2) is 6.26. The van der Waals surface area contributed by atoms with Crippen molar-refractivity contribution in [2.24, 2.45) is 0 Å². The van der Waals surface area contributed by atoms with Gasteiger partial charge in [-0.2, -0.15) is 0 Å². The Morgan fingerprint density at radius 2 is 1.23 bits per heavy atom. The molecular weight excluding hydrogens is 370 g/mol. The first-order valence-corrected chi connectivity index (χ1v) is 10.0. The van der Waals surface area contributed by atoms with E-state index in [0.717, 1.165) is 27.4 Å². The molecule has 0 N–H and O–H groups in total. The average molecular weight is 387 g/mol. The minimum absolute atomic E-state index is 0.0806. The Labute approximate surface area is 173 Å². The molecule has 0 bridgehead atoms. The highest BCUT2D eigenvalue weighted by Crippen LogP contribution is 2.37. The van der Waals surface area contributed by atoms with Crippen molar-refractivity contribution in [3.63, 3.8) is 0 Å². The first-order chi connectivity index (χ1) is 14.7. The summed E-state index contributed by atoms with van der Waals surface area (Å²) in [6.07, 6.45) is 0. The van der Waals surface area contributed by atoms with Crippen molar-refractivity contribution in [3.8, 4) is 0 Å². The number of ketones is 2. The Kier molecular flexibility index (Phi) is 3.53. The number of hydrogen-bond donors (Lipinski definition) is 0. The molecule has 4 aromatic carbocycles. The molecule has 0 unspecified atom stereocenters. The summed E-state index contributed by atoms with van der Waals surface area (Å²) in [5, 5.41) is 2.09. The van der Waals surface area contributed by atoms with Crippen LogP contribution in [0.15, 0.2) is 91.0 Å². The highest BCUT2D eigenvalue weighted by molar-refractivity contribution is 6.33. The third kappa shape index (κ3) is 2.26. The molecule has 3 nitrogen and oxygen atoms in total. The summed E-state index contributed by atoms with van der Waals surface area (Å²) in [5.74, 6) is -0.165. The van der Waals surface area contributed by atoms with Crippen LogP contribution in [0.1, 0.15) is 37.4 Å². The topological polar surface area (TPSA) is 39.1 Å². The molecule has 1 aliphatic carbocycles. The van der Waals surface area contributed by atoms with Gasteiger partial charge in [0.15, 0.2) is 11.6 Å². The second-order valence-electron chi connectivity index (χ2n) is 7.68. The molecule has 0 atom stereocenters. The number of hydrogen-bond acceptors (Lipinski definition) is 2. The van der Waals surface area contributed by atoms with Gasteiger partial charge in [-0.15, -0.1) is 0 Å². The van der Waals surface area contributed by atoms with Crippen molar-refractivity contribution in [2.45, 2.75) is 6.54 Å². The van der Waals surface area contributed by atoms with E-state index in [1.165, 1.54) is 0 Å². The maximum atomic E-state index is 13.6. The average Bonchev–Trinajstić information content (AvgIpc) is 3.11. The van der Waals surface area contributed by atoms with E-state index in [1.807, 2.05) is 48.5 Å². The number of fused-ring (bicyclic) bond motifs is 6. The number of carbonyl (C=O) groups is 2. The fourth-order valence-corrected chi connectivity index (χ4v) is 4.65. The standard InChI is InChI=1S/C27H17NO2/c29-26-20-11-4-5-12-21(20)27(30)24-22(26)15-14-19-18-10-6-7-13-23(18)28(25(19)24)16-17-8-2-1-3-9-17/h1-15H,16H2. The van der Waals surface area contributed by atoms with Gasteiger partial charge in [0.25, 0.3) is 0 Å². The predicted molar refractivity (Wildman–Crippen MR) is 118 cm³/mol. The third-order valence-electron chi connectivity index (χ3n) is 6.00. The summed E-state index contributed by atoms with van der Waals surface area (Å²) in [5.41, 5.74) is 5.02. The SMILES string of the molecule is O=C1c2ccccc2C(=O)c2c1ccc1c3ccccc3n(Cc3ccccc3)c21. The second-order valence-corrected chi connectivity index (χ2v) is 7.68. The van der Waals surface area contributed by atoms with Crippen LogP contribution < -0.4 is 0 Å². The summed E-state index contributed by atoms with van der Waals surface area (Å²) in [4.78, 5) is 26.8. The zero-order valence-electron chi connectivity index (χ0n) is 16.1. The molecule has 142 valence electrons. The maximum absolute atomic E-state index is 13.6. The van der Waals surface area contributed by atoms with Gasteiger partial charge in [0.2, 0.25) is 0 Å². The van der Waals surface area contributed by atoms with E-state index in [-0.39, 0.29) is 11.6 Å². The molecular formula is C27H17NO2. The van der Waals surface area contributed by atoms with Crippen LogP contribution in [-0.2, 0) is 6.54 Å². The number of carbonyl (C=O) groups excluding carboxylic acids is 2. The molecule has 1 aliphatic rings. The lowest BCUT2D eigenvalue weighted by molar-refractivity contribution is 0.0980. The number of aromatic nitrogens is 1. The van der Waals surface area contributed by atoms with Crippen LogP contribution in [0.2, 0.25) is 0 Å². The Hall–Kier alpha value is -3.98. The molecule has 0 radical (unpaired) electrons. The first-order valence-electron chi connectivity index (χ1n) is 10.0. The lowest BCUT2D eigenvalue weighted by atomic mass is 9.83. The van der Waals surface area contributed by atoms with Gasteiger partial charge < -0.3 is 4.57 Å². The van der Waals surface area contributed by atoms with Crippen LogP contribution in [0.3, 0.4) is 0 Å². The van der Waals surface area contributed by atoms with E-state index in [4.69, 9.17) is 0 Å². The van der Waals surface area contributed by atoms with Gasteiger partial charge in [0.05, 0.1) is 11.1 Å². The third-order valence-corrected chi connectivity index (χ3v) is 6.00. The zero-order chi connectivity index (χ0) is 20.2. The van der Waals surface area contributed by atoms with Gasteiger partial charge in [-0.1, -0.05) is 78.9 Å². The van der Waals surface area contributed by atoms with Gasteiger partial charge in [0, 0.05) is 39.5 Å². The highest BCUT2D eigenvalue weighted by atomic mass is 16.1. The molecule has 0 saturated carbocycles. The minimum Gasteiger partial charge on any atom is -0.335 e. The minimum atomic E-state index is -0.0846. The van der Waals surface area contributed by atoms with Crippen molar-refractivity contribution >= 4 is 33.4 Å². The summed E-state index contributed by atoms with van der Waals surface area (Å²) in [7, 11) is 0. The Morgan fingerprint density at radius 1 is 0.567 bits per heavy atom. The number of nitrogens with zero attached hydrogens (tertiary/aromatic N) is 1. The molecule has 0 amide bonds.